The third kappa shape index (κ3) is 2.99. The Kier molecular flexibility index (Phi) is 4.80. The number of imide groups is 1. The summed E-state index contributed by atoms with van der Waals surface area (Å²) in [4.78, 5) is 53.4. The highest BCUT2D eigenvalue weighted by atomic mass is 35.5. The number of halogens is 2. The van der Waals surface area contributed by atoms with Gasteiger partial charge in [0.2, 0.25) is 23.3 Å². The lowest BCUT2D eigenvalue weighted by Crippen LogP contribution is -2.99. The fourth-order valence-electron chi connectivity index (χ4n) is 5.56. The number of benzene rings is 2. The minimum Gasteiger partial charge on any atom is -0.369 e. The lowest BCUT2D eigenvalue weighted by molar-refractivity contribution is -0.732. The molecule has 4 atom stereocenters. The first-order chi connectivity index (χ1) is 15.6. The highest BCUT2D eigenvalue weighted by Gasteiger charge is 2.74. The van der Waals surface area contributed by atoms with Crippen LogP contribution in [0.1, 0.15) is 23.1 Å². The van der Waals surface area contributed by atoms with Crippen LogP contribution in [-0.2, 0) is 31.3 Å². The minimum atomic E-state index is -1.42. The number of nitrogens with one attached hydrogen (secondary N) is 1. The fourth-order valence-corrected chi connectivity index (χ4v) is 5.72. The molecule has 2 aromatic carbocycles. The predicted molar refractivity (Wildman–Crippen MR) is 115 cm³/mol. The van der Waals surface area contributed by atoms with Gasteiger partial charge in [0.25, 0.3) is 5.91 Å². The van der Waals surface area contributed by atoms with Gasteiger partial charge in [0.1, 0.15) is 23.7 Å². The van der Waals surface area contributed by atoms with Gasteiger partial charge in [-0.1, -0.05) is 23.7 Å². The van der Waals surface area contributed by atoms with Crippen molar-refractivity contribution in [3.05, 3.63) is 63.9 Å². The average Bonchev–Trinajstić information content (AvgIpc) is 3.33. The van der Waals surface area contributed by atoms with Crippen molar-refractivity contribution >= 4 is 40.9 Å². The number of fused-ring (bicyclic) bond motifs is 4. The van der Waals surface area contributed by atoms with Gasteiger partial charge in [0.05, 0.1) is 18.7 Å². The molecule has 2 fully saturated rings. The van der Waals surface area contributed by atoms with E-state index in [-0.39, 0.29) is 13.0 Å². The van der Waals surface area contributed by atoms with Gasteiger partial charge in [-0.05, 0) is 42.3 Å². The van der Waals surface area contributed by atoms with Gasteiger partial charge in [-0.25, -0.2) is 4.39 Å². The molecule has 4 amide bonds. The fraction of sp³-hybridized carbons (Fsp3) is 0.304. The van der Waals surface area contributed by atoms with Crippen LogP contribution in [0.4, 0.5) is 10.1 Å². The molecule has 170 valence electrons. The van der Waals surface area contributed by atoms with Gasteiger partial charge < -0.3 is 16.4 Å². The van der Waals surface area contributed by atoms with E-state index >= 15 is 0 Å². The van der Waals surface area contributed by atoms with Crippen LogP contribution < -0.4 is 16.4 Å². The highest BCUT2D eigenvalue weighted by Crippen LogP contribution is 2.51. The van der Waals surface area contributed by atoms with Crippen LogP contribution >= 0.6 is 11.6 Å². The molecule has 1 spiro atoms. The summed E-state index contributed by atoms with van der Waals surface area (Å²) in [5.74, 6) is -4.40. The van der Waals surface area contributed by atoms with Crippen molar-refractivity contribution in [1.82, 2.24) is 4.90 Å². The molecule has 3 aliphatic heterocycles. The van der Waals surface area contributed by atoms with Gasteiger partial charge in [0, 0.05) is 10.6 Å². The average molecular weight is 472 g/mol. The maximum atomic E-state index is 13.7. The number of carbonyl (C=O) groups excluding carboxylic acids is 4. The normalized spacial score (nSPS) is 27.8. The lowest BCUT2D eigenvalue weighted by Gasteiger charge is -2.26. The van der Waals surface area contributed by atoms with E-state index in [1.807, 2.05) is 0 Å². The molecule has 3 aliphatic rings. The van der Waals surface area contributed by atoms with E-state index in [1.54, 1.807) is 24.4 Å². The summed E-state index contributed by atoms with van der Waals surface area (Å²) < 4.78 is 13.3. The quantitative estimate of drug-likeness (QED) is 0.563. The van der Waals surface area contributed by atoms with E-state index in [1.165, 1.54) is 24.3 Å². The molecule has 3 heterocycles. The lowest BCUT2D eigenvalue weighted by atomic mass is 9.76. The molecular formula is C23H21ClFN4O4+. The van der Waals surface area contributed by atoms with Gasteiger partial charge in [-0.15, -0.1) is 0 Å². The van der Waals surface area contributed by atoms with E-state index in [2.05, 4.69) is 5.32 Å². The second-order valence-electron chi connectivity index (χ2n) is 8.81. The Balaban J connectivity index is 1.61. The van der Waals surface area contributed by atoms with Crippen molar-refractivity contribution in [1.29, 1.82) is 0 Å². The number of amides is 4. The molecule has 0 radical (unpaired) electrons. The molecular weight excluding hydrogens is 451 g/mol. The van der Waals surface area contributed by atoms with Crippen molar-refractivity contribution in [3.8, 4) is 0 Å². The molecule has 0 aliphatic carbocycles. The summed E-state index contributed by atoms with van der Waals surface area (Å²) in [6.45, 7) is 1.70. The number of likely N-dealkylation sites (tertiary alicyclic amines) is 1. The summed E-state index contributed by atoms with van der Waals surface area (Å²) in [5.41, 5.74) is 6.32. The zero-order chi connectivity index (χ0) is 23.7. The predicted octanol–water partition coefficient (Wildman–Crippen LogP) is 0.557. The van der Waals surface area contributed by atoms with Crippen LogP contribution in [0.25, 0.3) is 0 Å². The highest BCUT2D eigenvalue weighted by molar-refractivity contribution is 6.32. The number of primary amides is 1. The van der Waals surface area contributed by atoms with Gasteiger partial charge >= 0.3 is 0 Å². The zero-order valence-corrected chi connectivity index (χ0v) is 18.4. The Morgan fingerprint density at radius 1 is 1.18 bits per heavy atom. The number of anilines is 1. The summed E-state index contributed by atoms with van der Waals surface area (Å²) in [6.07, 6.45) is -0.165. The topological polar surface area (TPSA) is 126 Å². The van der Waals surface area contributed by atoms with Crippen LogP contribution in [0.3, 0.4) is 0 Å². The van der Waals surface area contributed by atoms with Crippen molar-refractivity contribution in [2.75, 3.05) is 5.32 Å². The Morgan fingerprint density at radius 3 is 2.55 bits per heavy atom. The molecule has 8 nitrogen and oxygen atoms in total. The number of quaternary nitrogens is 1. The number of nitrogens with two attached hydrogens (primary N) is 2. The van der Waals surface area contributed by atoms with Crippen LogP contribution in [0.2, 0.25) is 5.02 Å². The van der Waals surface area contributed by atoms with Crippen LogP contribution in [0, 0.1) is 24.6 Å². The summed E-state index contributed by atoms with van der Waals surface area (Å²) >= 11 is 6.24. The van der Waals surface area contributed by atoms with Gasteiger partial charge in [0.15, 0.2) is 0 Å². The molecule has 2 aromatic rings. The third-order valence-corrected chi connectivity index (χ3v) is 7.43. The number of hydrogen-bond donors (Lipinski definition) is 3. The zero-order valence-electron chi connectivity index (χ0n) is 17.6. The van der Waals surface area contributed by atoms with E-state index < -0.39 is 52.9 Å². The van der Waals surface area contributed by atoms with Gasteiger partial charge in [-0.2, -0.15) is 0 Å². The smallest absolute Gasteiger partial charge is 0.291 e. The van der Waals surface area contributed by atoms with Crippen molar-refractivity contribution in [2.24, 2.45) is 17.6 Å². The first-order valence-corrected chi connectivity index (χ1v) is 10.9. The number of rotatable bonds is 4. The van der Waals surface area contributed by atoms with Crippen molar-refractivity contribution in [2.45, 2.75) is 31.5 Å². The Labute approximate surface area is 193 Å². The standard InChI is InChI=1S/C23H20ClFN4O4/c1-10-14(24)7-6-13-19(10)27-22(33)23(13)18-17(15(28-23)8-16(26)30)20(31)29(21(18)32)9-11-2-4-12(25)5-3-11/h2-7,15,17-18,28H,8-9H2,1H3,(H2,26,30)(H,27,33)/p+1/t15-,17-,18+,23-/m1/s1. The molecule has 5 rings (SSSR count). The molecule has 33 heavy (non-hydrogen) atoms. The van der Waals surface area contributed by atoms with Gasteiger partial charge in [-0.3, -0.25) is 24.1 Å². The van der Waals surface area contributed by atoms with Crippen molar-refractivity contribution < 1.29 is 28.9 Å². The molecule has 0 saturated carbocycles. The molecule has 0 unspecified atom stereocenters. The molecule has 0 bridgehead atoms. The summed E-state index contributed by atoms with van der Waals surface area (Å²) in [6, 6.07) is 8.14. The largest absolute Gasteiger partial charge is 0.369 e. The molecule has 0 aromatic heterocycles. The van der Waals surface area contributed by atoms with E-state index in [0.717, 1.165) is 4.90 Å². The second kappa shape index (κ2) is 7.36. The van der Waals surface area contributed by atoms with Crippen LogP contribution in [-0.4, -0.2) is 34.6 Å². The van der Waals surface area contributed by atoms with Crippen molar-refractivity contribution in [3.63, 3.8) is 0 Å². The molecule has 2 saturated heterocycles. The molecule has 5 N–H and O–H groups in total. The maximum absolute atomic E-state index is 13.7. The van der Waals surface area contributed by atoms with E-state index in [9.17, 15) is 23.6 Å². The Bertz CT molecular complexity index is 1230. The maximum Gasteiger partial charge on any atom is 0.291 e. The minimum absolute atomic E-state index is 0.0571. The summed E-state index contributed by atoms with van der Waals surface area (Å²) in [5, 5.41) is 4.94. The monoisotopic (exact) mass is 471 g/mol. The third-order valence-electron chi connectivity index (χ3n) is 7.02. The second-order valence-corrected chi connectivity index (χ2v) is 9.22. The Morgan fingerprint density at radius 2 is 1.88 bits per heavy atom. The van der Waals surface area contributed by atoms with E-state index in [0.29, 0.717) is 27.4 Å². The van der Waals surface area contributed by atoms with E-state index in [4.69, 9.17) is 17.3 Å². The molecule has 10 heteroatoms. The first kappa shape index (κ1) is 21.5. The number of carbonyl (C=O) groups is 4. The number of nitrogens with zero attached hydrogens (tertiary/aromatic N) is 1. The first-order valence-electron chi connectivity index (χ1n) is 10.5. The Hall–Kier alpha value is -3.30. The summed E-state index contributed by atoms with van der Waals surface area (Å²) in [7, 11) is 0. The van der Waals surface area contributed by atoms with Crippen LogP contribution in [0.5, 0.6) is 0 Å². The SMILES string of the molecule is Cc1c(Cl)ccc2c1NC(=O)[C@@]21[NH2+][C@H](CC(N)=O)[C@H]2C(=O)N(Cc3ccc(F)cc3)C(=O)[C@H]21. The number of hydrogen-bond acceptors (Lipinski definition) is 4. The van der Waals surface area contributed by atoms with Crippen LogP contribution in [0.15, 0.2) is 36.4 Å².